The maximum absolute atomic E-state index is 12.5. The second-order valence-electron chi connectivity index (χ2n) is 8.96. The third kappa shape index (κ3) is 4.69. The highest BCUT2D eigenvalue weighted by atomic mass is 16.2. The largest absolute Gasteiger partial charge is 0.373 e. The van der Waals surface area contributed by atoms with Crippen molar-refractivity contribution >= 4 is 17.6 Å². The normalized spacial score (nSPS) is 18.0. The number of carbonyl (C=O) groups is 2. The van der Waals surface area contributed by atoms with Crippen molar-refractivity contribution in [2.24, 2.45) is 0 Å². The lowest BCUT2D eigenvalue weighted by atomic mass is 10.00. The van der Waals surface area contributed by atoms with Crippen LogP contribution in [-0.2, 0) is 0 Å². The maximum Gasteiger partial charge on any atom is 0.319 e. The Kier molecular flexibility index (Phi) is 5.20. The Morgan fingerprint density at radius 1 is 1.09 bits per heavy atom. The maximum atomic E-state index is 12.5. The summed E-state index contributed by atoms with van der Waals surface area (Å²) in [4.78, 5) is 26.6. The van der Waals surface area contributed by atoms with Crippen LogP contribution in [-0.4, -0.2) is 52.3 Å². The number of nitrogens with one attached hydrogen (secondary N) is 3. The molecule has 1 aliphatic heterocycles. The van der Waals surface area contributed by atoms with E-state index in [-0.39, 0.29) is 11.9 Å². The van der Waals surface area contributed by atoms with E-state index in [1.54, 1.807) is 0 Å². The molecule has 1 aromatic carbocycles. The zero-order chi connectivity index (χ0) is 22.2. The molecule has 166 valence electrons. The van der Waals surface area contributed by atoms with Crippen LogP contribution in [0, 0.1) is 6.92 Å². The highest BCUT2D eigenvalue weighted by Crippen LogP contribution is 2.27. The number of likely N-dealkylation sites (N-methyl/N-ethyl adjacent to an activating group) is 1. The summed E-state index contributed by atoms with van der Waals surface area (Å²) in [6, 6.07) is 6.24. The van der Waals surface area contributed by atoms with Crippen LogP contribution in [0.15, 0.2) is 48.6 Å². The molecule has 3 amide bonds. The summed E-state index contributed by atoms with van der Waals surface area (Å²) in [5.74, 6) is -0.0249. The molecular weight excluding hydrogens is 404 g/mol. The number of aryl methyl sites for hydroxylation is 1. The van der Waals surface area contributed by atoms with Gasteiger partial charge in [0.05, 0.1) is 24.1 Å². The quantitative estimate of drug-likeness (QED) is 0.655. The summed E-state index contributed by atoms with van der Waals surface area (Å²) in [6.07, 6.45) is 11.9. The first-order valence-corrected chi connectivity index (χ1v) is 11.1. The molecule has 0 unspecified atom stereocenters. The smallest absolute Gasteiger partial charge is 0.319 e. The van der Waals surface area contributed by atoms with E-state index in [9.17, 15) is 9.59 Å². The van der Waals surface area contributed by atoms with Crippen LogP contribution in [0.2, 0.25) is 0 Å². The number of nitrogens with zero attached hydrogens (tertiary/aromatic N) is 3. The summed E-state index contributed by atoms with van der Waals surface area (Å²) < 4.78 is 1.83. The van der Waals surface area contributed by atoms with Crippen molar-refractivity contribution in [2.75, 3.05) is 13.6 Å². The topological polar surface area (TPSA) is 91.3 Å². The van der Waals surface area contributed by atoms with Gasteiger partial charge in [0.25, 0.3) is 5.91 Å². The van der Waals surface area contributed by atoms with Gasteiger partial charge in [0.2, 0.25) is 0 Å². The van der Waals surface area contributed by atoms with Gasteiger partial charge in [0.1, 0.15) is 0 Å². The van der Waals surface area contributed by atoms with Gasteiger partial charge >= 0.3 is 6.03 Å². The Labute approximate surface area is 187 Å². The van der Waals surface area contributed by atoms with E-state index in [0.29, 0.717) is 24.2 Å². The summed E-state index contributed by atoms with van der Waals surface area (Å²) in [6.45, 7) is 2.70. The van der Waals surface area contributed by atoms with Gasteiger partial charge in [-0.3, -0.25) is 4.79 Å². The monoisotopic (exact) mass is 432 g/mol. The standard InChI is InChI=1S/C24H28N6O2/c1-15-3-4-16(23(31)26-18-5-6-18)9-22(15)17-11-25-30(12-17)21-10-20(13-29(2)14-21)28-24(32)27-19-7-8-19/h3-4,9-13,18-19H,5-8,14H2,1-2H3,(H,26,31)(H2,27,28,32). The average molecular weight is 433 g/mol. The van der Waals surface area contributed by atoms with Gasteiger partial charge in [0.15, 0.2) is 0 Å². The van der Waals surface area contributed by atoms with Crippen molar-refractivity contribution in [1.29, 1.82) is 0 Å². The number of urea groups is 1. The molecule has 2 aliphatic carbocycles. The van der Waals surface area contributed by atoms with Gasteiger partial charge in [-0.2, -0.15) is 5.10 Å². The lowest BCUT2D eigenvalue weighted by Crippen LogP contribution is -2.37. The summed E-state index contributed by atoms with van der Waals surface area (Å²) in [7, 11) is 1.96. The minimum Gasteiger partial charge on any atom is -0.373 e. The Bertz CT molecular complexity index is 1120. The van der Waals surface area contributed by atoms with Crippen LogP contribution in [0.25, 0.3) is 16.8 Å². The fourth-order valence-electron chi connectivity index (χ4n) is 3.78. The fourth-order valence-corrected chi connectivity index (χ4v) is 3.78. The van der Waals surface area contributed by atoms with Gasteiger partial charge in [-0.05, 0) is 61.9 Å². The molecule has 0 atom stereocenters. The van der Waals surface area contributed by atoms with Crippen LogP contribution in [0.1, 0.15) is 41.6 Å². The molecule has 0 saturated heterocycles. The van der Waals surface area contributed by atoms with Gasteiger partial charge in [-0.1, -0.05) is 6.07 Å². The van der Waals surface area contributed by atoms with Crippen molar-refractivity contribution in [2.45, 2.75) is 44.7 Å². The zero-order valence-corrected chi connectivity index (χ0v) is 18.4. The van der Waals surface area contributed by atoms with Crippen LogP contribution >= 0.6 is 0 Å². The summed E-state index contributed by atoms with van der Waals surface area (Å²) in [5.41, 5.74) is 5.35. The molecule has 3 aliphatic rings. The molecule has 0 bridgehead atoms. The molecule has 5 rings (SSSR count). The zero-order valence-electron chi connectivity index (χ0n) is 18.4. The molecule has 0 radical (unpaired) electrons. The van der Waals surface area contributed by atoms with Crippen LogP contribution in [0.5, 0.6) is 0 Å². The van der Waals surface area contributed by atoms with E-state index in [1.807, 2.05) is 66.4 Å². The number of aromatic nitrogens is 2. The average Bonchev–Trinajstić information content (AvgIpc) is 3.68. The molecule has 2 saturated carbocycles. The van der Waals surface area contributed by atoms with Crippen molar-refractivity contribution in [3.05, 3.63) is 59.7 Å². The number of hydrogen-bond donors (Lipinski definition) is 3. The van der Waals surface area contributed by atoms with Crippen molar-refractivity contribution in [1.82, 2.24) is 30.6 Å². The van der Waals surface area contributed by atoms with E-state index in [1.165, 1.54) is 0 Å². The first kappa shape index (κ1) is 20.4. The number of carbonyl (C=O) groups excluding carboxylic acids is 2. The molecular formula is C24H28N6O2. The minimum absolute atomic E-state index is 0.0249. The fraction of sp³-hybridized carbons (Fsp3) is 0.375. The molecule has 2 aromatic rings. The summed E-state index contributed by atoms with van der Waals surface area (Å²) >= 11 is 0. The lowest BCUT2D eigenvalue weighted by molar-refractivity contribution is 0.0951. The number of benzene rings is 1. The van der Waals surface area contributed by atoms with Gasteiger partial charge in [-0.15, -0.1) is 0 Å². The first-order valence-electron chi connectivity index (χ1n) is 11.1. The van der Waals surface area contributed by atoms with E-state index in [2.05, 4.69) is 21.0 Å². The minimum atomic E-state index is -0.178. The first-order chi connectivity index (χ1) is 15.4. The van der Waals surface area contributed by atoms with Gasteiger partial charge in [-0.25, -0.2) is 9.48 Å². The van der Waals surface area contributed by atoms with Crippen LogP contribution in [0.4, 0.5) is 4.79 Å². The number of hydrogen-bond acceptors (Lipinski definition) is 4. The Hall–Kier alpha value is -3.55. The predicted molar refractivity (Wildman–Crippen MR) is 123 cm³/mol. The second-order valence-corrected chi connectivity index (χ2v) is 8.96. The second kappa shape index (κ2) is 8.18. The highest BCUT2D eigenvalue weighted by Gasteiger charge is 2.25. The Morgan fingerprint density at radius 2 is 1.84 bits per heavy atom. The summed E-state index contributed by atoms with van der Waals surface area (Å²) in [5, 5.41) is 13.5. The Morgan fingerprint density at radius 3 is 2.59 bits per heavy atom. The molecule has 2 fully saturated rings. The Balaban J connectivity index is 1.35. The third-order valence-electron chi connectivity index (χ3n) is 5.86. The van der Waals surface area contributed by atoms with Crippen LogP contribution in [0.3, 0.4) is 0 Å². The number of amides is 3. The van der Waals surface area contributed by atoms with Crippen molar-refractivity contribution in [3.63, 3.8) is 0 Å². The molecule has 8 nitrogen and oxygen atoms in total. The van der Waals surface area contributed by atoms with Gasteiger partial charge < -0.3 is 20.9 Å². The van der Waals surface area contributed by atoms with Crippen molar-refractivity contribution < 1.29 is 9.59 Å². The highest BCUT2D eigenvalue weighted by molar-refractivity contribution is 5.96. The van der Waals surface area contributed by atoms with E-state index in [4.69, 9.17) is 0 Å². The molecule has 8 heteroatoms. The van der Waals surface area contributed by atoms with Crippen LogP contribution < -0.4 is 16.0 Å². The molecule has 0 spiro atoms. The molecule has 32 heavy (non-hydrogen) atoms. The van der Waals surface area contributed by atoms with E-state index in [0.717, 1.165) is 53.8 Å². The van der Waals surface area contributed by atoms with Gasteiger partial charge in [0, 0.05) is 42.7 Å². The molecule has 3 N–H and O–H groups in total. The molecule has 2 heterocycles. The number of rotatable bonds is 6. The van der Waals surface area contributed by atoms with Crippen molar-refractivity contribution in [3.8, 4) is 11.1 Å². The third-order valence-corrected chi connectivity index (χ3v) is 5.86. The van der Waals surface area contributed by atoms with E-state index >= 15 is 0 Å². The predicted octanol–water partition coefficient (Wildman–Crippen LogP) is 2.84. The SMILES string of the molecule is Cc1ccc(C(=O)NC2CC2)cc1-c1cnn(C2=CC(NC(=O)NC3CC3)=CN(C)C2)c1. The molecule has 1 aromatic heterocycles. The van der Waals surface area contributed by atoms with E-state index < -0.39 is 0 Å². The number of allylic oxidation sites excluding steroid dienone is 1. The lowest BCUT2D eigenvalue weighted by Gasteiger charge is -2.23.